The summed E-state index contributed by atoms with van der Waals surface area (Å²) < 4.78 is 0. The monoisotopic (exact) mass is 300 g/mol. The molecule has 0 fully saturated rings. The van der Waals surface area contributed by atoms with Crippen LogP contribution in [0.2, 0.25) is 5.02 Å². The fourth-order valence-corrected chi connectivity index (χ4v) is 1.95. The Labute approximate surface area is 129 Å². The van der Waals surface area contributed by atoms with Gasteiger partial charge in [0.1, 0.15) is 0 Å². The molecule has 3 nitrogen and oxygen atoms in total. The van der Waals surface area contributed by atoms with Gasteiger partial charge in [0.15, 0.2) is 0 Å². The molecule has 1 amide bonds. The maximum Gasteiger partial charge on any atom is 0.242 e. The molecule has 0 spiro atoms. The molecule has 0 bridgehead atoms. The minimum Gasteiger partial charge on any atom is -0.306 e. The maximum atomic E-state index is 11.7. The van der Waals surface area contributed by atoms with E-state index in [1.54, 1.807) is 18.3 Å². The number of rotatable bonds is 6. The summed E-state index contributed by atoms with van der Waals surface area (Å²) >= 11 is 5.80. The Hall–Kier alpha value is -2.26. The lowest BCUT2D eigenvalue weighted by Gasteiger charge is -2.04. The van der Waals surface area contributed by atoms with E-state index in [0.29, 0.717) is 11.4 Å². The normalized spacial score (nSPS) is 10.5. The predicted octanol–water partition coefficient (Wildman–Crippen LogP) is 3.26. The van der Waals surface area contributed by atoms with Gasteiger partial charge in [0, 0.05) is 11.2 Å². The van der Waals surface area contributed by atoms with E-state index in [1.165, 1.54) is 5.56 Å². The van der Waals surface area contributed by atoms with E-state index in [9.17, 15) is 4.79 Å². The minimum absolute atomic E-state index is 0.0957. The predicted molar refractivity (Wildman–Crippen MR) is 85.7 cm³/mol. The number of amides is 1. The summed E-state index contributed by atoms with van der Waals surface area (Å²) in [6.07, 6.45) is 4.82. The van der Waals surface area contributed by atoms with Crippen LogP contribution in [0.25, 0.3) is 0 Å². The van der Waals surface area contributed by atoms with Crippen LogP contribution < -0.4 is 10.9 Å². The SMILES string of the molecule is O=C(Cc1ccc(Cl)cc1)NN/C=C/Cc1ccccc1. The first-order chi connectivity index (χ1) is 10.2. The van der Waals surface area contributed by atoms with Crippen LogP contribution >= 0.6 is 11.6 Å². The van der Waals surface area contributed by atoms with Gasteiger partial charge in [0.2, 0.25) is 5.91 Å². The molecule has 21 heavy (non-hydrogen) atoms. The average molecular weight is 301 g/mol. The number of nitrogens with one attached hydrogen (secondary N) is 2. The van der Waals surface area contributed by atoms with Crippen molar-refractivity contribution in [1.82, 2.24) is 10.9 Å². The van der Waals surface area contributed by atoms with Gasteiger partial charge in [-0.3, -0.25) is 10.2 Å². The number of halogens is 1. The minimum atomic E-state index is -0.0957. The van der Waals surface area contributed by atoms with Crippen LogP contribution in [0.4, 0.5) is 0 Å². The van der Waals surface area contributed by atoms with Crippen LogP contribution in [0.1, 0.15) is 11.1 Å². The molecule has 4 heteroatoms. The Balaban J connectivity index is 1.68. The zero-order valence-corrected chi connectivity index (χ0v) is 12.3. The Bertz CT molecular complexity index is 594. The van der Waals surface area contributed by atoms with Crippen LogP contribution in [-0.4, -0.2) is 5.91 Å². The van der Waals surface area contributed by atoms with Crippen molar-refractivity contribution in [1.29, 1.82) is 0 Å². The van der Waals surface area contributed by atoms with E-state index in [2.05, 4.69) is 23.0 Å². The lowest BCUT2D eigenvalue weighted by molar-refractivity contribution is -0.121. The van der Waals surface area contributed by atoms with Gasteiger partial charge in [-0.25, -0.2) is 0 Å². The molecule has 0 aliphatic rings. The summed E-state index contributed by atoms with van der Waals surface area (Å²) in [6, 6.07) is 17.3. The highest BCUT2D eigenvalue weighted by atomic mass is 35.5. The number of hydrazine groups is 1. The largest absolute Gasteiger partial charge is 0.306 e. The topological polar surface area (TPSA) is 41.1 Å². The highest BCUT2D eigenvalue weighted by molar-refractivity contribution is 6.30. The molecule has 0 aliphatic carbocycles. The van der Waals surface area contributed by atoms with Crippen LogP contribution in [-0.2, 0) is 17.6 Å². The molecule has 0 radical (unpaired) electrons. The first-order valence-electron chi connectivity index (χ1n) is 6.72. The Morgan fingerprint density at radius 1 is 1.00 bits per heavy atom. The van der Waals surface area contributed by atoms with Crippen molar-refractivity contribution in [3.8, 4) is 0 Å². The second-order valence-electron chi connectivity index (χ2n) is 4.59. The summed E-state index contributed by atoms with van der Waals surface area (Å²) in [5.41, 5.74) is 7.55. The number of allylic oxidation sites excluding steroid dienone is 1. The molecule has 2 N–H and O–H groups in total. The van der Waals surface area contributed by atoms with Gasteiger partial charge < -0.3 is 5.43 Å². The molecule has 0 saturated carbocycles. The summed E-state index contributed by atoms with van der Waals surface area (Å²) in [5.74, 6) is -0.0957. The molecule has 0 heterocycles. The summed E-state index contributed by atoms with van der Waals surface area (Å²) in [6.45, 7) is 0. The van der Waals surface area contributed by atoms with Gasteiger partial charge >= 0.3 is 0 Å². The smallest absolute Gasteiger partial charge is 0.242 e. The van der Waals surface area contributed by atoms with E-state index < -0.39 is 0 Å². The summed E-state index contributed by atoms with van der Waals surface area (Å²) in [7, 11) is 0. The molecule has 2 aromatic carbocycles. The molecule has 0 aromatic heterocycles. The van der Waals surface area contributed by atoms with Crippen molar-refractivity contribution >= 4 is 17.5 Å². The van der Waals surface area contributed by atoms with Crippen molar-refractivity contribution < 1.29 is 4.79 Å². The second-order valence-corrected chi connectivity index (χ2v) is 5.02. The third-order valence-corrected chi connectivity index (χ3v) is 3.14. The Morgan fingerprint density at radius 3 is 2.43 bits per heavy atom. The van der Waals surface area contributed by atoms with Crippen LogP contribution in [0, 0.1) is 0 Å². The number of benzene rings is 2. The zero-order chi connectivity index (χ0) is 14.9. The molecule has 108 valence electrons. The molecule has 2 aromatic rings. The third kappa shape index (κ3) is 5.71. The number of carbonyl (C=O) groups excluding carboxylic acids is 1. The van der Waals surface area contributed by atoms with Gasteiger partial charge in [0.25, 0.3) is 0 Å². The quantitative estimate of drug-likeness (QED) is 0.804. The number of carbonyl (C=O) groups is 1. The lowest BCUT2D eigenvalue weighted by Crippen LogP contribution is -2.34. The lowest BCUT2D eigenvalue weighted by atomic mass is 10.1. The van der Waals surface area contributed by atoms with E-state index in [4.69, 9.17) is 11.6 Å². The first-order valence-corrected chi connectivity index (χ1v) is 7.09. The van der Waals surface area contributed by atoms with Gasteiger partial charge in [-0.05, 0) is 29.7 Å². The van der Waals surface area contributed by atoms with Crippen LogP contribution in [0.15, 0.2) is 66.9 Å². The van der Waals surface area contributed by atoms with E-state index in [-0.39, 0.29) is 5.91 Å². The number of hydrogen-bond donors (Lipinski definition) is 2. The second kappa shape index (κ2) is 8.12. The highest BCUT2D eigenvalue weighted by Gasteiger charge is 2.01. The molecule has 0 saturated heterocycles. The molecule has 0 atom stereocenters. The van der Waals surface area contributed by atoms with Gasteiger partial charge in [0.05, 0.1) is 6.42 Å². The Morgan fingerprint density at radius 2 is 1.71 bits per heavy atom. The van der Waals surface area contributed by atoms with Crippen molar-refractivity contribution in [2.75, 3.05) is 0 Å². The van der Waals surface area contributed by atoms with E-state index in [0.717, 1.165) is 12.0 Å². The number of hydrogen-bond acceptors (Lipinski definition) is 2. The fraction of sp³-hybridized carbons (Fsp3) is 0.118. The summed E-state index contributed by atoms with van der Waals surface area (Å²) in [4.78, 5) is 11.7. The van der Waals surface area contributed by atoms with Crippen LogP contribution in [0.5, 0.6) is 0 Å². The van der Waals surface area contributed by atoms with Gasteiger partial charge in [-0.2, -0.15) is 0 Å². The molecular weight excluding hydrogens is 284 g/mol. The van der Waals surface area contributed by atoms with Crippen molar-refractivity contribution in [3.63, 3.8) is 0 Å². The molecule has 2 rings (SSSR count). The average Bonchev–Trinajstić information content (AvgIpc) is 2.50. The van der Waals surface area contributed by atoms with Crippen molar-refractivity contribution in [3.05, 3.63) is 83.0 Å². The Kier molecular flexibility index (Phi) is 5.85. The van der Waals surface area contributed by atoms with Crippen molar-refractivity contribution in [2.45, 2.75) is 12.8 Å². The van der Waals surface area contributed by atoms with Crippen molar-refractivity contribution in [2.24, 2.45) is 0 Å². The molecule has 0 unspecified atom stereocenters. The first kappa shape index (κ1) is 15.1. The highest BCUT2D eigenvalue weighted by Crippen LogP contribution is 2.09. The molecular formula is C17H17ClN2O. The maximum absolute atomic E-state index is 11.7. The third-order valence-electron chi connectivity index (χ3n) is 2.89. The molecule has 0 aliphatic heterocycles. The standard InChI is InChI=1S/C17H17ClN2O/c18-16-10-8-15(9-11-16)13-17(21)20-19-12-4-7-14-5-2-1-3-6-14/h1-6,8-12,19H,7,13H2,(H,20,21)/b12-4+. The van der Waals surface area contributed by atoms with Gasteiger partial charge in [-0.15, -0.1) is 0 Å². The van der Waals surface area contributed by atoms with Gasteiger partial charge in [-0.1, -0.05) is 60.1 Å². The summed E-state index contributed by atoms with van der Waals surface area (Å²) in [5, 5.41) is 0.668. The zero-order valence-electron chi connectivity index (χ0n) is 11.6. The van der Waals surface area contributed by atoms with Crippen LogP contribution in [0.3, 0.4) is 0 Å². The van der Waals surface area contributed by atoms with E-state index in [1.807, 2.05) is 36.4 Å². The van der Waals surface area contributed by atoms with E-state index >= 15 is 0 Å². The fourth-order valence-electron chi connectivity index (χ4n) is 1.82.